The van der Waals surface area contributed by atoms with E-state index in [0.29, 0.717) is 6.42 Å². The number of carbonyl (C=O) groups is 1. The third kappa shape index (κ3) is 2.15. The minimum Gasteiger partial charge on any atom is -0.426 e. The van der Waals surface area contributed by atoms with Gasteiger partial charge in [-0.2, -0.15) is 0 Å². The summed E-state index contributed by atoms with van der Waals surface area (Å²) in [6.45, 7) is 0. The first-order valence-electron chi connectivity index (χ1n) is 7.73. The fourth-order valence-corrected chi connectivity index (χ4v) is 3.71. The van der Waals surface area contributed by atoms with Gasteiger partial charge in [0.25, 0.3) is 0 Å². The van der Waals surface area contributed by atoms with Crippen molar-refractivity contribution >= 4 is 5.97 Å². The van der Waals surface area contributed by atoms with Crippen molar-refractivity contribution in [1.29, 1.82) is 0 Å². The number of hydrogen-bond acceptors (Lipinski definition) is 2. The molecule has 0 fully saturated rings. The van der Waals surface area contributed by atoms with E-state index in [1.807, 2.05) is 24.3 Å². The number of benzene rings is 2. The molecule has 2 nitrogen and oxygen atoms in total. The highest BCUT2D eigenvalue weighted by Crippen LogP contribution is 2.43. The smallest absolute Gasteiger partial charge is 0.312 e. The van der Waals surface area contributed by atoms with Gasteiger partial charge in [0.1, 0.15) is 5.75 Å². The monoisotopic (exact) mass is 278 g/mol. The lowest BCUT2D eigenvalue weighted by atomic mass is 9.78. The lowest BCUT2D eigenvalue weighted by Gasteiger charge is -2.30. The molecule has 0 bridgehead atoms. The van der Waals surface area contributed by atoms with E-state index < -0.39 is 0 Å². The van der Waals surface area contributed by atoms with Crippen molar-refractivity contribution in [2.75, 3.05) is 0 Å². The minimum atomic E-state index is -0.118. The van der Waals surface area contributed by atoms with Crippen LogP contribution in [0.15, 0.2) is 42.5 Å². The molecule has 2 heteroatoms. The van der Waals surface area contributed by atoms with E-state index >= 15 is 0 Å². The average Bonchev–Trinajstić information content (AvgIpc) is 2.54. The van der Waals surface area contributed by atoms with Crippen molar-refractivity contribution in [3.63, 3.8) is 0 Å². The largest absolute Gasteiger partial charge is 0.426 e. The second-order valence-electron chi connectivity index (χ2n) is 5.96. The number of carbonyl (C=O) groups excluding carboxylic acids is 1. The number of aryl methyl sites for hydroxylation is 1. The lowest BCUT2D eigenvalue weighted by molar-refractivity contribution is -0.135. The van der Waals surface area contributed by atoms with E-state index in [1.165, 1.54) is 35.1 Å². The van der Waals surface area contributed by atoms with Crippen molar-refractivity contribution < 1.29 is 9.53 Å². The molecule has 0 radical (unpaired) electrons. The summed E-state index contributed by atoms with van der Waals surface area (Å²) in [5.74, 6) is 0.809. The Morgan fingerprint density at radius 1 is 0.952 bits per heavy atom. The highest BCUT2D eigenvalue weighted by atomic mass is 16.5. The van der Waals surface area contributed by atoms with E-state index in [4.69, 9.17) is 4.74 Å². The third-order valence-corrected chi connectivity index (χ3v) is 4.68. The molecule has 4 rings (SSSR count). The molecule has 2 aliphatic rings. The molecule has 2 aromatic rings. The van der Waals surface area contributed by atoms with Gasteiger partial charge in [0.2, 0.25) is 0 Å². The van der Waals surface area contributed by atoms with Crippen LogP contribution in [-0.4, -0.2) is 5.97 Å². The molecule has 0 spiro atoms. The van der Waals surface area contributed by atoms with Crippen molar-refractivity contribution in [3.8, 4) is 5.75 Å². The lowest BCUT2D eigenvalue weighted by Crippen LogP contribution is -2.23. The summed E-state index contributed by atoms with van der Waals surface area (Å²) in [5, 5.41) is 0. The number of ether oxygens (including phenoxy) is 1. The molecule has 0 saturated carbocycles. The molecule has 0 unspecified atom stereocenters. The van der Waals surface area contributed by atoms with Gasteiger partial charge in [-0.25, -0.2) is 0 Å². The Hall–Kier alpha value is -2.09. The normalized spacial score (nSPS) is 20.4. The molecule has 0 N–H and O–H groups in total. The van der Waals surface area contributed by atoms with Crippen LogP contribution in [0.25, 0.3) is 0 Å². The molecular formula is C19H18O2. The summed E-state index contributed by atoms with van der Waals surface area (Å²) >= 11 is 0. The van der Waals surface area contributed by atoms with Gasteiger partial charge in [0, 0.05) is 11.5 Å². The Morgan fingerprint density at radius 3 is 2.62 bits per heavy atom. The van der Waals surface area contributed by atoms with Gasteiger partial charge in [-0.05, 0) is 48.4 Å². The van der Waals surface area contributed by atoms with Crippen molar-refractivity contribution in [1.82, 2.24) is 0 Å². The maximum absolute atomic E-state index is 12.0. The van der Waals surface area contributed by atoms with E-state index in [9.17, 15) is 4.79 Å². The summed E-state index contributed by atoms with van der Waals surface area (Å²) in [5.41, 5.74) is 5.35. The fraction of sp³-hybridized carbons (Fsp3) is 0.316. The predicted octanol–water partition coefficient (Wildman–Crippen LogP) is 4.01. The zero-order valence-corrected chi connectivity index (χ0v) is 12.0. The zero-order valence-electron chi connectivity index (χ0n) is 12.0. The number of esters is 1. The maximum Gasteiger partial charge on any atom is 0.312 e. The van der Waals surface area contributed by atoms with E-state index in [0.717, 1.165) is 18.6 Å². The second-order valence-corrected chi connectivity index (χ2v) is 5.96. The summed E-state index contributed by atoms with van der Waals surface area (Å²) in [4.78, 5) is 12.0. The predicted molar refractivity (Wildman–Crippen MR) is 81.6 cm³/mol. The van der Waals surface area contributed by atoms with Crippen molar-refractivity contribution in [3.05, 3.63) is 64.7 Å². The van der Waals surface area contributed by atoms with Gasteiger partial charge in [-0.3, -0.25) is 4.79 Å². The topological polar surface area (TPSA) is 26.3 Å². The van der Waals surface area contributed by atoms with Crippen LogP contribution in [0.1, 0.15) is 47.4 Å². The Labute approximate surface area is 124 Å². The molecular weight excluding hydrogens is 260 g/mol. The SMILES string of the molecule is O=C1C[C@H](c2ccccc2)c2c(ccc3c2CCCC3)O1. The first-order valence-corrected chi connectivity index (χ1v) is 7.73. The first kappa shape index (κ1) is 12.6. The molecule has 21 heavy (non-hydrogen) atoms. The Bertz CT molecular complexity index is 688. The molecule has 1 aliphatic heterocycles. The van der Waals surface area contributed by atoms with E-state index in [-0.39, 0.29) is 11.9 Å². The standard InChI is InChI=1S/C19H18O2/c20-18-12-16(13-6-2-1-3-7-13)19-15-9-5-4-8-14(15)10-11-17(19)21-18/h1-3,6-7,10-11,16H,4-5,8-9,12H2/t16-/m1/s1. The Morgan fingerprint density at radius 2 is 1.76 bits per heavy atom. The molecule has 1 aliphatic carbocycles. The Kier molecular flexibility index (Phi) is 3.03. The van der Waals surface area contributed by atoms with E-state index in [1.54, 1.807) is 0 Å². The quantitative estimate of drug-likeness (QED) is 0.582. The van der Waals surface area contributed by atoms with Crippen LogP contribution in [0, 0.1) is 0 Å². The van der Waals surface area contributed by atoms with Crippen LogP contribution >= 0.6 is 0 Å². The van der Waals surface area contributed by atoms with Crippen molar-refractivity contribution in [2.24, 2.45) is 0 Å². The number of hydrogen-bond donors (Lipinski definition) is 0. The minimum absolute atomic E-state index is 0.118. The summed E-state index contributed by atoms with van der Waals surface area (Å²) in [7, 11) is 0. The number of fused-ring (bicyclic) bond motifs is 3. The summed E-state index contributed by atoms with van der Waals surface area (Å²) in [6, 6.07) is 14.5. The highest BCUT2D eigenvalue weighted by molar-refractivity contribution is 5.78. The zero-order chi connectivity index (χ0) is 14.2. The molecule has 0 amide bonds. The Balaban J connectivity index is 1.90. The van der Waals surface area contributed by atoms with E-state index in [2.05, 4.69) is 18.2 Å². The molecule has 1 atom stereocenters. The van der Waals surface area contributed by atoms with Crippen LogP contribution in [0.2, 0.25) is 0 Å². The molecule has 0 saturated heterocycles. The van der Waals surface area contributed by atoms with Gasteiger partial charge < -0.3 is 4.74 Å². The molecule has 0 aromatic heterocycles. The molecule has 2 aromatic carbocycles. The third-order valence-electron chi connectivity index (χ3n) is 4.68. The van der Waals surface area contributed by atoms with Crippen LogP contribution in [-0.2, 0) is 17.6 Å². The highest BCUT2D eigenvalue weighted by Gasteiger charge is 2.32. The number of rotatable bonds is 1. The first-order chi connectivity index (χ1) is 10.3. The van der Waals surface area contributed by atoms with Crippen LogP contribution in [0.5, 0.6) is 5.75 Å². The van der Waals surface area contributed by atoms with Crippen LogP contribution < -0.4 is 4.74 Å². The van der Waals surface area contributed by atoms with Crippen LogP contribution in [0.4, 0.5) is 0 Å². The maximum atomic E-state index is 12.0. The van der Waals surface area contributed by atoms with Gasteiger partial charge in [-0.1, -0.05) is 36.4 Å². The van der Waals surface area contributed by atoms with Gasteiger partial charge in [-0.15, -0.1) is 0 Å². The van der Waals surface area contributed by atoms with Gasteiger partial charge >= 0.3 is 5.97 Å². The summed E-state index contributed by atoms with van der Waals surface area (Å²) < 4.78 is 5.51. The second kappa shape index (κ2) is 5.03. The van der Waals surface area contributed by atoms with Crippen LogP contribution in [0.3, 0.4) is 0 Å². The van der Waals surface area contributed by atoms with Crippen molar-refractivity contribution in [2.45, 2.75) is 38.0 Å². The summed E-state index contributed by atoms with van der Waals surface area (Å²) in [6.07, 6.45) is 5.21. The fourth-order valence-electron chi connectivity index (χ4n) is 3.71. The van der Waals surface area contributed by atoms with Gasteiger partial charge in [0.05, 0.1) is 6.42 Å². The molecule has 106 valence electrons. The average molecular weight is 278 g/mol. The van der Waals surface area contributed by atoms with Gasteiger partial charge in [0.15, 0.2) is 0 Å². The molecule has 1 heterocycles.